The highest BCUT2D eigenvalue weighted by Crippen LogP contribution is 2.18. The van der Waals surface area contributed by atoms with Crippen molar-refractivity contribution < 1.29 is 9.47 Å². The van der Waals surface area contributed by atoms with E-state index in [1.807, 2.05) is 6.92 Å². The van der Waals surface area contributed by atoms with Crippen LogP contribution in [0, 0.1) is 0 Å². The minimum atomic E-state index is 0.235. The molecule has 1 aliphatic rings. The fourth-order valence-corrected chi connectivity index (χ4v) is 1.94. The number of nitrogens with zero attached hydrogens (tertiary/aromatic N) is 4. The summed E-state index contributed by atoms with van der Waals surface area (Å²) in [6, 6.07) is 0.358. The molecule has 1 aromatic heterocycles. The lowest BCUT2D eigenvalue weighted by atomic mass is 10.2. The lowest BCUT2D eigenvalue weighted by Gasteiger charge is -2.32. The molecule has 1 N–H and O–H groups in total. The van der Waals surface area contributed by atoms with Gasteiger partial charge in [0.25, 0.3) is 0 Å². The Morgan fingerprint density at radius 3 is 2.89 bits per heavy atom. The van der Waals surface area contributed by atoms with Gasteiger partial charge in [-0.05, 0) is 13.3 Å². The van der Waals surface area contributed by atoms with E-state index in [9.17, 15) is 0 Å². The minimum absolute atomic E-state index is 0.235. The molecule has 7 nitrogen and oxygen atoms in total. The first-order valence-electron chi connectivity index (χ1n) is 6.70. The summed E-state index contributed by atoms with van der Waals surface area (Å²) in [5.74, 6) is 1.16. The van der Waals surface area contributed by atoms with Crippen LogP contribution >= 0.6 is 0 Å². The van der Waals surface area contributed by atoms with E-state index in [1.54, 1.807) is 7.05 Å². The molecule has 2 rings (SSSR count). The number of anilines is 2. The Labute approximate surface area is 113 Å². The Morgan fingerprint density at radius 1 is 1.37 bits per heavy atom. The van der Waals surface area contributed by atoms with Gasteiger partial charge in [0.2, 0.25) is 11.9 Å². The highest BCUT2D eigenvalue weighted by atomic mass is 16.5. The third kappa shape index (κ3) is 3.44. The van der Waals surface area contributed by atoms with Crippen molar-refractivity contribution in [1.29, 1.82) is 0 Å². The molecule has 0 bridgehead atoms. The smallest absolute Gasteiger partial charge is 0.323 e. The molecule has 1 unspecified atom stereocenters. The van der Waals surface area contributed by atoms with E-state index in [-0.39, 0.29) is 6.10 Å². The van der Waals surface area contributed by atoms with Crippen LogP contribution in [0.3, 0.4) is 0 Å². The van der Waals surface area contributed by atoms with Gasteiger partial charge in [-0.15, -0.1) is 0 Å². The number of hydrogen-bond acceptors (Lipinski definition) is 7. The van der Waals surface area contributed by atoms with E-state index in [0.717, 1.165) is 19.5 Å². The molecular formula is C12H21N5O2. The van der Waals surface area contributed by atoms with Crippen molar-refractivity contribution in [2.75, 3.05) is 43.6 Å². The van der Waals surface area contributed by atoms with E-state index in [4.69, 9.17) is 9.47 Å². The van der Waals surface area contributed by atoms with Gasteiger partial charge in [0, 0.05) is 20.1 Å². The number of nitrogens with one attached hydrogen (secondary N) is 1. The van der Waals surface area contributed by atoms with Gasteiger partial charge >= 0.3 is 6.01 Å². The number of ether oxygens (including phenoxy) is 2. The summed E-state index contributed by atoms with van der Waals surface area (Å²) in [6.07, 6.45) is 1.22. The molecule has 1 saturated heterocycles. The minimum Gasteiger partial charge on any atom is -0.464 e. The first kappa shape index (κ1) is 13.8. The van der Waals surface area contributed by atoms with Gasteiger partial charge in [0.05, 0.1) is 19.3 Å². The Hall–Kier alpha value is -1.63. The topological polar surface area (TPSA) is 72.4 Å². The van der Waals surface area contributed by atoms with Crippen LogP contribution in [-0.2, 0) is 4.74 Å². The fraction of sp³-hybridized carbons (Fsp3) is 0.750. The van der Waals surface area contributed by atoms with E-state index in [2.05, 4.69) is 32.1 Å². The van der Waals surface area contributed by atoms with Crippen LogP contribution in [0.1, 0.15) is 20.3 Å². The van der Waals surface area contributed by atoms with Crippen molar-refractivity contribution in [3.63, 3.8) is 0 Å². The zero-order valence-electron chi connectivity index (χ0n) is 11.7. The molecule has 7 heteroatoms. The molecule has 19 heavy (non-hydrogen) atoms. The van der Waals surface area contributed by atoms with Crippen LogP contribution in [0.25, 0.3) is 0 Å². The lowest BCUT2D eigenvalue weighted by molar-refractivity contribution is 0.0378. The van der Waals surface area contributed by atoms with Gasteiger partial charge in [-0.2, -0.15) is 15.0 Å². The molecular weight excluding hydrogens is 246 g/mol. The van der Waals surface area contributed by atoms with Crippen LogP contribution in [0.4, 0.5) is 11.9 Å². The molecule has 1 aromatic rings. The van der Waals surface area contributed by atoms with E-state index in [0.29, 0.717) is 31.1 Å². The number of aromatic nitrogens is 3. The third-order valence-corrected chi connectivity index (χ3v) is 2.98. The van der Waals surface area contributed by atoms with Gasteiger partial charge in [-0.1, -0.05) is 6.92 Å². The summed E-state index contributed by atoms with van der Waals surface area (Å²) in [4.78, 5) is 15.0. The molecule has 0 spiro atoms. The van der Waals surface area contributed by atoms with Gasteiger partial charge in [-0.3, -0.25) is 0 Å². The number of rotatable bonds is 5. The predicted octanol–water partition coefficient (Wildman–Crippen LogP) is 0.927. The van der Waals surface area contributed by atoms with Crippen LogP contribution in [0.15, 0.2) is 0 Å². The first-order valence-corrected chi connectivity index (χ1v) is 6.70. The Bertz CT molecular complexity index is 415. The average Bonchev–Trinajstić information content (AvgIpc) is 2.47. The zero-order chi connectivity index (χ0) is 13.7. The van der Waals surface area contributed by atoms with Crippen LogP contribution < -0.4 is 15.0 Å². The summed E-state index contributed by atoms with van der Waals surface area (Å²) < 4.78 is 11.0. The van der Waals surface area contributed by atoms with Crippen molar-refractivity contribution in [3.8, 4) is 6.01 Å². The highest BCUT2D eigenvalue weighted by Gasteiger charge is 2.22. The number of hydrogen-bond donors (Lipinski definition) is 1. The molecule has 0 aliphatic carbocycles. The van der Waals surface area contributed by atoms with E-state index >= 15 is 0 Å². The standard InChI is InChI=1S/C12H21N5O2/c1-4-9-8-17(6-7-19-9)11-14-10(13-3)15-12(16-11)18-5-2/h9H,4-8H2,1-3H3,(H,13,14,15,16). The predicted molar refractivity (Wildman–Crippen MR) is 72.8 cm³/mol. The normalized spacial score (nSPS) is 19.3. The Morgan fingerprint density at radius 2 is 2.21 bits per heavy atom. The molecule has 1 aliphatic heterocycles. The van der Waals surface area contributed by atoms with Gasteiger partial charge < -0.3 is 19.7 Å². The summed E-state index contributed by atoms with van der Waals surface area (Å²) in [6.45, 7) is 6.84. The van der Waals surface area contributed by atoms with Gasteiger partial charge in [0.15, 0.2) is 0 Å². The second-order valence-corrected chi connectivity index (χ2v) is 4.27. The highest BCUT2D eigenvalue weighted by molar-refractivity contribution is 5.38. The van der Waals surface area contributed by atoms with Gasteiger partial charge in [-0.25, -0.2) is 0 Å². The van der Waals surface area contributed by atoms with E-state index < -0.39 is 0 Å². The second kappa shape index (κ2) is 6.51. The maximum absolute atomic E-state index is 5.65. The fourth-order valence-electron chi connectivity index (χ4n) is 1.94. The Balaban J connectivity index is 2.19. The maximum atomic E-state index is 5.65. The summed E-state index contributed by atoms with van der Waals surface area (Å²) >= 11 is 0. The van der Waals surface area contributed by atoms with E-state index in [1.165, 1.54) is 0 Å². The summed E-state index contributed by atoms with van der Waals surface area (Å²) in [5.41, 5.74) is 0. The quantitative estimate of drug-likeness (QED) is 0.850. The molecule has 1 fully saturated rings. The van der Waals surface area contributed by atoms with Crippen molar-refractivity contribution in [1.82, 2.24) is 15.0 Å². The first-order chi connectivity index (χ1) is 9.26. The van der Waals surface area contributed by atoms with Crippen molar-refractivity contribution in [2.45, 2.75) is 26.4 Å². The van der Waals surface area contributed by atoms with Crippen LogP contribution in [0.2, 0.25) is 0 Å². The lowest BCUT2D eigenvalue weighted by Crippen LogP contribution is -2.43. The SMILES string of the molecule is CCOc1nc(NC)nc(N2CCOC(CC)C2)n1. The molecule has 0 aromatic carbocycles. The Kier molecular flexibility index (Phi) is 4.73. The second-order valence-electron chi connectivity index (χ2n) is 4.27. The third-order valence-electron chi connectivity index (χ3n) is 2.98. The van der Waals surface area contributed by atoms with Crippen molar-refractivity contribution in [2.24, 2.45) is 0 Å². The molecule has 1 atom stereocenters. The van der Waals surface area contributed by atoms with Gasteiger partial charge in [0.1, 0.15) is 0 Å². The average molecular weight is 267 g/mol. The zero-order valence-corrected chi connectivity index (χ0v) is 11.7. The maximum Gasteiger partial charge on any atom is 0.323 e. The molecule has 2 heterocycles. The molecule has 0 radical (unpaired) electrons. The summed E-state index contributed by atoms with van der Waals surface area (Å²) in [7, 11) is 1.78. The number of morpholine rings is 1. The summed E-state index contributed by atoms with van der Waals surface area (Å²) in [5, 5.41) is 2.93. The van der Waals surface area contributed by atoms with Crippen molar-refractivity contribution >= 4 is 11.9 Å². The van der Waals surface area contributed by atoms with Crippen LogP contribution in [-0.4, -0.2) is 54.4 Å². The largest absolute Gasteiger partial charge is 0.464 e. The molecule has 106 valence electrons. The molecule has 0 saturated carbocycles. The monoisotopic (exact) mass is 267 g/mol. The van der Waals surface area contributed by atoms with Crippen LogP contribution in [0.5, 0.6) is 6.01 Å². The molecule has 0 amide bonds. The van der Waals surface area contributed by atoms with Crippen molar-refractivity contribution in [3.05, 3.63) is 0 Å².